The zero-order chi connectivity index (χ0) is 14.1. The largest absolute Gasteiger partial charge is 0.389 e. The number of aliphatic hydroxyl groups is 1. The average molecular weight is 279 g/mol. The van der Waals surface area contributed by atoms with Crippen molar-refractivity contribution in [3.05, 3.63) is 29.3 Å². The molecular weight excluding hydrogens is 258 g/mol. The van der Waals surface area contributed by atoms with E-state index in [2.05, 4.69) is 21.6 Å². The van der Waals surface area contributed by atoms with Crippen molar-refractivity contribution in [2.45, 2.75) is 45.4 Å². The first kappa shape index (κ1) is 14.2. The highest BCUT2D eigenvalue weighted by Crippen LogP contribution is 2.27. The molecule has 3 N–H and O–H groups in total. The van der Waals surface area contributed by atoms with Gasteiger partial charge >= 0.3 is 0 Å². The Morgan fingerprint density at radius 2 is 2.11 bits per heavy atom. The van der Waals surface area contributed by atoms with Crippen molar-refractivity contribution < 1.29 is 5.11 Å². The van der Waals surface area contributed by atoms with Crippen molar-refractivity contribution in [2.75, 3.05) is 0 Å². The molecule has 0 aromatic carbocycles. The molecule has 2 heterocycles. The van der Waals surface area contributed by atoms with Crippen LogP contribution in [0.5, 0.6) is 0 Å². The molecule has 0 unspecified atom stereocenters. The normalized spacial score (nSPS) is 12.9. The summed E-state index contributed by atoms with van der Waals surface area (Å²) in [6.45, 7) is 8.29. The highest BCUT2D eigenvalue weighted by atomic mass is 32.1. The Hall–Kier alpha value is -1.17. The predicted octanol–water partition coefficient (Wildman–Crippen LogP) is 2.78. The van der Waals surface area contributed by atoms with Gasteiger partial charge in [0.05, 0.1) is 22.4 Å². The van der Waals surface area contributed by atoms with E-state index in [1.165, 1.54) is 4.88 Å². The standard InChI is InChI=1S/C14H21N3OS/c1-13(2,14(3,4)18)15-8-10-9-16-17-12(10)11-6-5-7-19-11/h5-7,9,15,18H,8H2,1-4H3,(H,16,17). The summed E-state index contributed by atoms with van der Waals surface area (Å²) in [6, 6.07) is 4.10. The van der Waals surface area contributed by atoms with Crippen LogP contribution in [0.4, 0.5) is 0 Å². The first-order valence-corrected chi connectivity index (χ1v) is 7.23. The van der Waals surface area contributed by atoms with Crippen LogP contribution in [0.3, 0.4) is 0 Å². The summed E-state index contributed by atoms with van der Waals surface area (Å²) in [5, 5.41) is 22.8. The van der Waals surface area contributed by atoms with E-state index < -0.39 is 5.60 Å². The summed E-state index contributed by atoms with van der Waals surface area (Å²) in [5.41, 5.74) is 0.991. The van der Waals surface area contributed by atoms with E-state index in [4.69, 9.17) is 0 Å². The van der Waals surface area contributed by atoms with Crippen LogP contribution in [0.2, 0.25) is 0 Å². The summed E-state index contributed by atoms with van der Waals surface area (Å²) >= 11 is 1.69. The molecule has 0 saturated carbocycles. The summed E-state index contributed by atoms with van der Waals surface area (Å²) < 4.78 is 0. The lowest BCUT2D eigenvalue weighted by atomic mass is 9.86. The molecule has 104 valence electrons. The summed E-state index contributed by atoms with van der Waals surface area (Å²) in [7, 11) is 0. The summed E-state index contributed by atoms with van der Waals surface area (Å²) in [5.74, 6) is 0. The molecule has 0 amide bonds. The van der Waals surface area contributed by atoms with Gasteiger partial charge in [-0.05, 0) is 39.1 Å². The molecule has 0 aliphatic heterocycles. The third-order valence-corrected chi connectivity index (χ3v) is 4.62. The third kappa shape index (κ3) is 3.05. The molecule has 0 fully saturated rings. The highest BCUT2D eigenvalue weighted by Gasteiger charge is 2.34. The average Bonchev–Trinajstić information content (AvgIpc) is 2.95. The molecule has 2 aromatic heterocycles. The minimum absolute atomic E-state index is 0.378. The Morgan fingerprint density at radius 3 is 2.68 bits per heavy atom. The van der Waals surface area contributed by atoms with Gasteiger partial charge in [0.2, 0.25) is 0 Å². The fraction of sp³-hybridized carbons (Fsp3) is 0.500. The van der Waals surface area contributed by atoms with Crippen LogP contribution < -0.4 is 5.32 Å². The van der Waals surface area contributed by atoms with E-state index in [-0.39, 0.29) is 5.54 Å². The molecule has 0 atom stereocenters. The summed E-state index contributed by atoms with van der Waals surface area (Å²) in [4.78, 5) is 1.18. The first-order valence-electron chi connectivity index (χ1n) is 6.35. The van der Waals surface area contributed by atoms with Gasteiger partial charge in [-0.15, -0.1) is 11.3 Å². The maximum Gasteiger partial charge on any atom is 0.0794 e. The fourth-order valence-corrected chi connectivity index (χ4v) is 2.37. The molecule has 0 aliphatic carbocycles. The molecule has 4 nitrogen and oxygen atoms in total. The maximum absolute atomic E-state index is 10.1. The van der Waals surface area contributed by atoms with Gasteiger partial charge < -0.3 is 10.4 Å². The zero-order valence-corrected chi connectivity index (χ0v) is 12.6. The van der Waals surface area contributed by atoms with E-state index in [1.807, 2.05) is 45.3 Å². The van der Waals surface area contributed by atoms with Crippen LogP contribution in [0.1, 0.15) is 33.3 Å². The number of aromatic amines is 1. The Labute approximate surface area is 117 Å². The Balaban J connectivity index is 2.12. The van der Waals surface area contributed by atoms with Crippen LogP contribution in [0, 0.1) is 0 Å². The minimum Gasteiger partial charge on any atom is -0.389 e. The van der Waals surface area contributed by atoms with Crippen molar-refractivity contribution in [2.24, 2.45) is 0 Å². The van der Waals surface area contributed by atoms with Gasteiger partial charge in [0.1, 0.15) is 0 Å². The number of H-pyrrole nitrogens is 1. The lowest BCUT2D eigenvalue weighted by molar-refractivity contribution is -0.00530. The van der Waals surface area contributed by atoms with Crippen LogP contribution in [0.25, 0.3) is 10.6 Å². The van der Waals surface area contributed by atoms with E-state index in [0.717, 1.165) is 11.3 Å². The second kappa shape index (κ2) is 5.07. The molecule has 0 aliphatic rings. The van der Waals surface area contributed by atoms with Gasteiger partial charge in [-0.2, -0.15) is 5.10 Å². The van der Waals surface area contributed by atoms with Gasteiger partial charge in [-0.25, -0.2) is 0 Å². The number of thiophene rings is 1. The van der Waals surface area contributed by atoms with Gasteiger partial charge in [-0.3, -0.25) is 5.10 Å². The van der Waals surface area contributed by atoms with E-state index in [1.54, 1.807) is 11.3 Å². The zero-order valence-electron chi connectivity index (χ0n) is 11.8. The molecule has 2 rings (SSSR count). The molecule has 5 heteroatoms. The number of hydrogen-bond donors (Lipinski definition) is 3. The predicted molar refractivity (Wildman–Crippen MR) is 79.1 cm³/mol. The van der Waals surface area contributed by atoms with Crippen LogP contribution in [-0.4, -0.2) is 26.4 Å². The van der Waals surface area contributed by atoms with Crippen molar-refractivity contribution in [3.63, 3.8) is 0 Å². The molecule has 0 bridgehead atoms. The second-order valence-electron chi connectivity index (χ2n) is 5.79. The molecule has 0 spiro atoms. The van der Waals surface area contributed by atoms with Crippen LogP contribution >= 0.6 is 11.3 Å². The van der Waals surface area contributed by atoms with Gasteiger partial charge in [0, 0.05) is 17.6 Å². The highest BCUT2D eigenvalue weighted by molar-refractivity contribution is 7.13. The monoisotopic (exact) mass is 279 g/mol. The lowest BCUT2D eigenvalue weighted by Crippen LogP contribution is -2.55. The third-order valence-electron chi connectivity index (χ3n) is 3.74. The number of nitrogens with zero attached hydrogens (tertiary/aromatic N) is 1. The van der Waals surface area contributed by atoms with Crippen molar-refractivity contribution in [1.82, 2.24) is 15.5 Å². The van der Waals surface area contributed by atoms with E-state index in [0.29, 0.717) is 6.54 Å². The van der Waals surface area contributed by atoms with Gasteiger partial charge in [0.15, 0.2) is 0 Å². The second-order valence-corrected chi connectivity index (χ2v) is 6.73. The molecular formula is C14H21N3OS. The Bertz CT molecular complexity index is 523. The van der Waals surface area contributed by atoms with Gasteiger partial charge in [-0.1, -0.05) is 6.07 Å². The number of aromatic nitrogens is 2. The maximum atomic E-state index is 10.1. The molecule has 0 radical (unpaired) electrons. The minimum atomic E-state index is -0.792. The Kier molecular flexibility index (Phi) is 3.80. The van der Waals surface area contributed by atoms with Crippen molar-refractivity contribution in [3.8, 4) is 10.6 Å². The quantitative estimate of drug-likeness (QED) is 0.788. The molecule has 19 heavy (non-hydrogen) atoms. The van der Waals surface area contributed by atoms with E-state index >= 15 is 0 Å². The van der Waals surface area contributed by atoms with Crippen LogP contribution in [0.15, 0.2) is 23.7 Å². The van der Waals surface area contributed by atoms with E-state index in [9.17, 15) is 5.11 Å². The molecule has 0 saturated heterocycles. The fourth-order valence-electron chi connectivity index (χ4n) is 1.61. The van der Waals surface area contributed by atoms with Gasteiger partial charge in [0.25, 0.3) is 0 Å². The smallest absolute Gasteiger partial charge is 0.0794 e. The SMILES string of the molecule is CC(C)(O)C(C)(C)NCc1cn[nH]c1-c1cccs1. The van der Waals surface area contributed by atoms with Crippen LogP contribution in [-0.2, 0) is 6.54 Å². The number of rotatable bonds is 5. The van der Waals surface area contributed by atoms with Crippen molar-refractivity contribution >= 4 is 11.3 Å². The first-order chi connectivity index (χ1) is 8.81. The lowest BCUT2D eigenvalue weighted by Gasteiger charge is -2.38. The molecule has 2 aromatic rings. The summed E-state index contributed by atoms with van der Waals surface area (Å²) in [6.07, 6.45) is 1.84. The number of hydrogen-bond acceptors (Lipinski definition) is 4. The van der Waals surface area contributed by atoms with Crippen molar-refractivity contribution in [1.29, 1.82) is 0 Å². The number of nitrogens with one attached hydrogen (secondary N) is 2. The topological polar surface area (TPSA) is 60.9 Å². The Morgan fingerprint density at radius 1 is 1.37 bits per heavy atom.